The number of hydrogen-bond donors (Lipinski definition) is 0. The van der Waals surface area contributed by atoms with Crippen LogP contribution in [0.15, 0.2) is 24.3 Å². The summed E-state index contributed by atoms with van der Waals surface area (Å²) in [5.74, 6) is 0. The highest BCUT2D eigenvalue weighted by atomic mass is 32.1. The summed E-state index contributed by atoms with van der Waals surface area (Å²) in [4.78, 5) is 5.56. The maximum atomic E-state index is 2.20. The summed E-state index contributed by atoms with van der Waals surface area (Å²) in [6, 6.07) is 8.75. The van der Waals surface area contributed by atoms with Gasteiger partial charge in [-0.15, -0.1) is 22.7 Å². The van der Waals surface area contributed by atoms with E-state index >= 15 is 0 Å². The van der Waals surface area contributed by atoms with Crippen LogP contribution < -0.4 is 0 Å². The minimum absolute atomic E-state index is 0. The Hall–Kier alpha value is -0.600. The first-order chi connectivity index (χ1) is 5.75. The van der Waals surface area contributed by atoms with E-state index in [1.807, 2.05) is 22.7 Å². The lowest BCUT2D eigenvalue weighted by atomic mass is 10.3. The quantitative estimate of drug-likeness (QED) is 0.613. The highest BCUT2D eigenvalue weighted by Crippen LogP contribution is 2.32. The zero-order chi connectivity index (χ0) is 8.55. The number of rotatable bonds is 1. The molecule has 78 valence electrons. The molecule has 0 saturated heterocycles. The van der Waals surface area contributed by atoms with Gasteiger partial charge in [-0.3, -0.25) is 0 Å². The Balaban J connectivity index is 0.000000845. The third-order valence-corrected chi connectivity index (χ3v) is 3.92. The Kier molecular flexibility index (Phi) is 5.09. The van der Waals surface area contributed by atoms with Gasteiger partial charge in [-0.2, -0.15) is 0 Å². The average Bonchev–Trinajstić information content (AvgIpc) is 2.58. The molecule has 2 heteroatoms. The van der Waals surface area contributed by atoms with E-state index in [1.165, 1.54) is 19.5 Å². The van der Waals surface area contributed by atoms with Crippen molar-refractivity contribution in [1.29, 1.82) is 0 Å². The van der Waals surface area contributed by atoms with E-state index in [0.717, 1.165) is 0 Å². The van der Waals surface area contributed by atoms with Crippen molar-refractivity contribution in [3.63, 3.8) is 0 Å². The molecule has 0 saturated carbocycles. The van der Waals surface area contributed by atoms with E-state index in [4.69, 9.17) is 0 Å². The summed E-state index contributed by atoms with van der Waals surface area (Å²) in [5.41, 5.74) is 0. The molecule has 0 aliphatic rings. The number of aryl methyl sites for hydroxylation is 2. The summed E-state index contributed by atoms with van der Waals surface area (Å²) >= 11 is 3.73. The summed E-state index contributed by atoms with van der Waals surface area (Å²) < 4.78 is 0. The fraction of sp³-hybridized carbons (Fsp3) is 0.333. The predicted molar refractivity (Wildman–Crippen MR) is 70.6 cm³/mol. The highest BCUT2D eigenvalue weighted by molar-refractivity contribution is 7.22. The molecule has 2 rings (SSSR count). The van der Waals surface area contributed by atoms with Crippen molar-refractivity contribution in [2.45, 2.75) is 28.7 Å². The van der Waals surface area contributed by atoms with Gasteiger partial charge in [0.1, 0.15) is 0 Å². The van der Waals surface area contributed by atoms with Gasteiger partial charge in [0.15, 0.2) is 0 Å². The summed E-state index contributed by atoms with van der Waals surface area (Å²) in [5, 5.41) is 0. The molecule has 0 atom stereocenters. The standard InChI is InChI=1S/C10H10S2.2CH4/c1-7-3-5-9(11-7)10-6-4-8(2)12-10;;/h3-6H,1-2H3;2*1H4. The first-order valence-electron chi connectivity index (χ1n) is 3.89. The third-order valence-electron chi connectivity index (χ3n) is 1.72. The Labute approximate surface area is 95.2 Å². The highest BCUT2D eigenvalue weighted by Gasteiger charge is 2.01. The molecule has 0 amide bonds. The van der Waals surface area contributed by atoms with Crippen LogP contribution in [0.3, 0.4) is 0 Å². The van der Waals surface area contributed by atoms with E-state index in [-0.39, 0.29) is 14.9 Å². The third kappa shape index (κ3) is 2.69. The van der Waals surface area contributed by atoms with Crippen LogP contribution in [0.4, 0.5) is 0 Å². The van der Waals surface area contributed by atoms with Crippen molar-refractivity contribution in [3.8, 4) is 9.75 Å². The molecule has 0 aromatic carbocycles. The van der Waals surface area contributed by atoms with E-state index in [2.05, 4.69) is 38.1 Å². The van der Waals surface area contributed by atoms with Crippen molar-refractivity contribution in [3.05, 3.63) is 34.0 Å². The second-order valence-electron chi connectivity index (χ2n) is 2.82. The SMILES string of the molecule is C.C.Cc1ccc(-c2ccc(C)s2)s1. The molecule has 0 radical (unpaired) electrons. The number of thiophene rings is 2. The van der Waals surface area contributed by atoms with Crippen LogP contribution in [0, 0.1) is 13.8 Å². The van der Waals surface area contributed by atoms with Crippen LogP contribution in [0.25, 0.3) is 9.75 Å². The van der Waals surface area contributed by atoms with Crippen LogP contribution in [-0.2, 0) is 0 Å². The number of hydrogen-bond acceptors (Lipinski definition) is 2. The maximum absolute atomic E-state index is 2.20. The van der Waals surface area contributed by atoms with Crippen molar-refractivity contribution in [2.24, 2.45) is 0 Å². The van der Waals surface area contributed by atoms with E-state index in [1.54, 1.807) is 0 Å². The fourth-order valence-corrected chi connectivity index (χ4v) is 2.96. The van der Waals surface area contributed by atoms with Crippen LogP contribution in [0.1, 0.15) is 24.6 Å². The van der Waals surface area contributed by atoms with Gasteiger partial charge < -0.3 is 0 Å². The van der Waals surface area contributed by atoms with Crippen molar-refractivity contribution in [1.82, 2.24) is 0 Å². The van der Waals surface area contributed by atoms with Crippen LogP contribution in [-0.4, -0.2) is 0 Å². The Morgan fingerprint density at radius 1 is 0.714 bits per heavy atom. The van der Waals surface area contributed by atoms with Crippen molar-refractivity contribution in [2.75, 3.05) is 0 Å². The molecule has 2 heterocycles. The van der Waals surface area contributed by atoms with Crippen molar-refractivity contribution >= 4 is 22.7 Å². The average molecular weight is 226 g/mol. The molecule has 0 bridgehead atoms. The van der Waals surface area contributed by atoms with Crippen molar-refractivity contribution < 1.29 is 0 Å². The molecule has 2 aromatic heterocycles. The Morgan fingerprint density at radius 2 is 1.07 bits per heavy atom. The van der Waals surface area contributed by atoms with Gasteiger partial charge in [0, 0.05) is 19.5 Å². The smallest absolute Gasteiger partial charge is 0.0445 e. The fourth-order valence-electron chi connectivity index (χ4n) is 1.13. The van der Waals surface area contributed by atoms with Gasteiger partial charge >= 0.3 is 0 Å². The van der Waals surface area contributed by atoms with Gasteiger partial charge in [-0.25, -0.2) is 0 Å². The molecule has 0 nitrogen and oxygen atoms in total. The zero-order valence-corrected chi connectivity index (χ0v) is 8.76. The largest absolute Gasteiger partial charge is 0.140 e. The molecular formula is C12H18S2. The lowest BCUT2D eigenvalue weighted by molar-refractivity contribution is 1.64. The van der Waals surface area contributed by atoms with E-state index < -0.39 is 0 Å². The van der Waals surface area contributed by atoms with Crippen LogP contribution in [0.2, 0.25) is 0 Å². The predicted octanol–water partition coefficient (Wildman–Crippen LogP) is 5.37. The lowest BCUT2D eigenvalue weighted by Crippen LogP contribution is -1.55. The summed E-state index contributed by atoms with van der Waals surface area (Å²) in [6.45, 7) is 4.29. The minimum Gasteiger partial charge on any atom is -0.140 e. The molecular weight excluding hydrogens is 208 g/mol. The summed E-state index contributed by atoms with van der Waals surface area (Å²) in [7, 11) is 0. The molecule has 0 unspecified atom stereocenters. The Morgan fingerprint density at radius 3 is 1.29 bits per heavy atom. The molecule has 0 N–H and O–H groups in total. The Bertz CT molecular complexity index is 344. The van der Waals surface area contributed by atoms with Gasteiger partial charge in [0.05, 0.1) is 0 Å². The molecule has 14 heavy (non-hydrogen) atoms. The second-order valence-corrected chi connectivity index (χ2v) is 5.40. The minimum atomic E-state index is 0. The summed E-state index contributed by atoms with van der Waals surface area (Å²) in [6.07, 6.45) is 0. The molecule has 0 aliphatic heterocycles. The normalized spacial score (nSPS) is 9.00. The zero-order valence-electron chi connectivity index (χ0n) is 7.13. The van der Waals surface area contributed by atoms with Gasteiger partial charge in [0.2, 0.25) is 0 Å². The molecule has 0 fully saturated rings. The van der Waals surface area contributed by atoms with Gasteiger partial charge in [0.25, 0.3) is 0 Å². The topological polar surface area (TPSA) is 0 Å². The molecule has 0 aliphatic carbocycles. The van der Waals surface area contributed by atoms with Gasteiger partial charge in [-0.1, -0.05) is 14.9 Å². The second kappa shape index (κ2) is 5.32. The van der Waals surface area contributed by atoms with Gasteiger partial charge in [-0.05, 0) is 38.1 Å². The van der Waals surface area contributed by atoms with Crippen LogP contribution >= 0.6 is 22.7 Å². The monoisotopic (exact) mass is 226 g/mol. The first kappa shape index (κ1) is 13.4. The maximum Gasteiger partial charge on any atom is 0.0445 e. The molecule has 2 aromatic rings. The first-order valence-corrected chi connectivity index (χ1v) is 5.52. The van der Waals surface area contributed by atoms with E-state index in [0.29, 0.717) is 0 Å². The molecule has 0 spiro atoms. The lowest BCUT2D eigenvalue weighted by Gasteiger charge is -1.87. The van der Waals surface area contributed by atoms with Crippen LogP contribution in [0.5, 0.6) is 0 Å². The van der Waals surface area contributed by atoms with E-state index in [9.17, 15) is 0 Å².